The van der Waals surface area contributed by atoms with Gasteiger partial charge in [-0.05, 0) is 26.7 Å². The van der Waals surface area contributed by atoms with Crippen LogP contribution >= 0.6 is 0 Å². The number of carbonyl (C=O) groups is 1. The second kappa shape index (κ2) is 5.58. The molecule has 1 atom stereocenters. The van der Waals surface area contributed by atoms with Gasteiger partial charge in [-0.2, -0.15) is 0 Å². The van der Waals surface area contributed by atoms with Crippen LogP contribution in [0.4, 0.5) is 4.79 Å². The van der Waals surface area contributed by atoms with Crippen LogP contribution in [0.5, 0.6) is 0 Å². The van der Waals surface area contributed by atoms with Gasteiger partial charge in [-0.1, -0.05) is 5.16 Å². The molecule has 92 valence electrons. The van der Waals surface area contributed by atoms with Crippen molar-refractivity contribution in [3.63, 3.8) is 0 Å². The molecule has 1 saturated heterocycles. The largest absolute Gasteiger partial charge is 0.409 e. The van der Waals surface area contributed by atoms with Crippen molar-refractivity contribution in [1.29, 1.82) is 0 Å². The first-order valence-electron chi connectivity index (χ1n) is 5.57. The van der Waals surface area contributed by atoms with Crippen molar-refractivity contribution < 1.29 is 10.0 Å². The normalized spacial score (nSPS) is 22.3. The Hall–Kier alpha value is -1.46. The summed E-state index contributed by atoms with van der Waals surface area (Å²) >= 11 is 0. The van der Waals surface area contributed by atoms with E-state index in [9.17, 15) is 4.79 Å². The van der Waals surface area contributed by atoms with Crippen LogP contribution in [0, 0.1) is 5.92 Å². The number of carbonyl (C=O) groups excluding carboxylic acids is 1. The summed E-state index contributed by atoms with van der Waals surface area (Å²) in [5.41, 5.74) is 5.55. The second-order valence-electron chi connectivity index (χ2n) is 4.41. The highest BCUT2D eigenvalue weighted by Crippen LogP contribution is 2.16. The zero-order valence-corrected chi connectivity index (χ0v) is 9.81. The molecular weight excluding hydrogens is 208 g/mol. The van der Waals surface area contributed by atoms with Crippen LogP contribution in [0.2, 0.25) is 0 Å². The minimum atomic E-state index is -0.0783. The predicted octanol–water partition coefficient (Wildman–Crippen LogP) is 0.563. The van der Waals surface area contributed by atoms with E-state index in [1.54, 1.807) is 4.90 Å². The molecule has 6 heteroatoms. The summed E-state index contributed by atoms with van der Waals surface area (Å²) in [5, 5.41) is 14.4. The molecule has 0 spiro atoms. The number of amides is 2. The lowest BCUT2D eigenvalue weighted by molar-refractivity contribution is 0.174. The molecule has 1 unspecified atom stereocenters. The third-order valence-electron chi connectivity index (χ3n) is 2.65. The smallest absolute Gasteiger partial charge is 0.317 e. The Kier molecular flexibility index (Phi) is 4.39. The molecule has 1 aliphatic heterocycles. The average molecular weight is 228 g/mol. The minimum absolute atomic E-state index is 0.0309. The van der Waals surface area contributed by atoms with Gasteiger partial charge in [0, 0.05) is 25.0 Å². The number of likely N-dealkylation sites (tertiary alicyclic amines) is 1. The first-order valence-corrected chi connectivity index (χ1v) is 5.57. The van der Waals surface area contributed by atoms with Crippen molar-refractivity contribution in [2.75, 3.05) is 13.1 Å². The standard InChI is InChI=1S/C10H20N4O2/c1-7(2)12-10(15)14-5-3-4-8(6-14)9(11)13-16/h7-8,16H,3-6H2,1-2H3,(H2,11,13)(H,12,15). The average Bonchev–Trinajstić information content (AvgIpc) is 2.27. The molecule has 1 fully saturated rings. The highest BCUT2D eigenvalue weighted by atomic mass is 16.4. The number of hydrogen-bond donors (Lipinski definition) is 3. The number of nitrogens with zero attached hydrogens (tertiary/aromatic N) is 2. The maximum absolute atomic E-state index is 11.7. The number of urea groups is 1. The topological polar surface area (TPSA) is 91.0 Å². The van der Waals surface area contributed by atoms with Crippen molar-refractivity contribution >= 4 is 11.9 Å². The van der Waals surface area contributed by atoms with E-state index in [0.717, 1.165) is 19.4 Å². The van der Waals surface area contributed by atoms with E-state index < -0.39 is 0 Å². The lowest BCUT2D eigenvalue weighted by Crippen LogP contribution is -2.49. The maximum Gasteiger partial charge on any atom is 0.317 e. The Balaban J connectivity index is 2.53. The van der Waals surface area contributed by atoms with Gasteiger partial charge in [0.25, 0.3) is 0 Å². The third kappa shape index (κ3) is 3.29. The fraction of sp³-hybridized carbons (Fsp3) is 0.800. The van der Waals surface area contributed by atoms with Gasteiger partial charge in [-0.25, -0.2) is 4.79 Å². The van der Waals surface area contributed by atoms with Gasteiger partial charge in [0.05, 0.1) is 0 Å². The molecule has 4 N–H and O–H groups in total. The highest BCUT2D eigenvalue weighted by Gasteiger charge is 2.26. The zero-order valence-electron chi connectivity index (χ0n) is 9.81. The van der Waals surface area contributed by atoms with Crippen molar-refractivity contribution in [3.05, 3.63) is 0 Å². The van der Waals surface area contributed by atoms with Crippen LogP contribution in [0.3, 0.4) is 0 Å². The van der Waals surface area contributed by atoms with Gasteiger partial charge in [-0.3, -0.25) is 0 Å². The molecule has 0 saturated carbocycles. The molecule has 0 radical (unpaired) electrons. The Labute approximate surface area is 95.5 Å². The van der Waals surface area contributed by atoms with E-state index in [0.29, 0.717) is 6.54 Å². The number of amidine groups is 1. The molecule has 2 amide bonds. The molecule has 1 heterocycles. The number of nitrogens with two attached hydrogens (primary N) is 1. The van der Waals surface area contributed by atoms with Gasteiger partial charge in [0.15, 0.2) is 0 Å². The molecule has 1 aliphatic rings. The lowest BCUT2D eigenvalue weighted by atomic mass is 9.97. The molecule has 0 bridgehead atoms. The summed E-state index contributed by atoms with van der Waals surface area (Å²) in [5.74, 6) is 0.179. The summed E-state index contributed by atoms with van der Waals surface area (Å²) in [6, 6.07) is 0.0437. The number of hydrogen-bond acceptors (Lipinski definition) is 3. The fourth-order valence-electron chi connectivity index (χ4n) is 1.82. The SMILES string of the molecule is CC(C)NC(=O)N1CCCC(C(N)=NO)C1. The molecule has 0 aromatic rings. The molecular formula is C10H20N4O2. The van der Waals surface area contributed by atoms with Crippen molar-refractivity contribution in [1.82, 2.24) is 10.2 Å². The number of piperidine rings is 1. The Morgan fingerprint density at radius 2 is 2.31 bits per heavy atom. The fourth-order valence-corrected chi connectivity index (χ4v) is 1.82. The highest BCUT2D eigenvalue weighted by molar-refractivity contribution is 5.83. The molecule has 1 rings (SSSR count). The van der Waals surface area contributed by atoms with Crippen LogP contribution in [-0.4, -0.2) is 41.1 Å². The first-order chi connectivity index (χ1) is 7.54. The zero-order chi connectivity index (χ0) is 12.1. The summed E-state index contributed by atoms with van der Waals surface area (Å²) in [6.07, 6.45) is 1.74. The molecule has 0 aromatic carbocycles. The number of oxime groups is 1. The molecule has 0 aliphatic carbocycles. The third-order valence-corrected chi connectivity index (χ3v) is 2.65. The van der Waals surface area contributed by atoms with Gasteiger partial charge in [0.2, 0.25) is 0 Å². The minimum Gasteiger partial charge on any atom is -0.409 e. The van der Waals surface area contributed by atoms with Gasteiger partial charge >= 0.3 is 6.03 Å². The molecule has 0 aromatic heterocycles. The van der Waals surface area contributed by atoms with Gasteiger partial charge in [-0.15, -0.1) is 0 Å². The Morgan fingerprint density at radius 1 is 1.62 bits per heavy atom. The Bertz CT molecular complexity index is 278. The van der Waals surface area contributed by atoms with Crippen molar-refractivity contribution in [2.45, 2.75) is 32.7 Å². The quantitative estimate of drug-likeness (QED) is 0.279. The summed E-state index contributed by atoms with van der Waals surface area (Å²) in [6.45, 7) is 5.09. The summed E-state index contributed by atoms with van der Waals surface area (Å²) in [4.78, 5) is 13.5. The van der Waals surface area contributed by atoms with Crippen LogP contribution in [-0.2, 0) is 0 Å². The van der Waals surface area contributed by atoms with Gasteiger partial charge in [0.1, 0.15) is 5.84 Å². The van der Waals surface area contributed by atoms with E-state index >= 15 is 0 Å². The van der Waals surface area contributed by atoms with Crippen LogP contribution in [0.1, 0.15) is 26.7 Å². The maximum atomic E-state index is 11.7. The van der Waals surface area contributed by atoms with Crippen LogP contribution < -0.4 is 11.1 Å². The molecule has 16 heavy (non-hydrogen) atoms. The number of nitrogens with one attached hydrogen (secondary N) is 1. The number of rotatable bonds is 2. The van der Waals surface area contributed by atoms with Crippen molar-refractivity contribution in [2.24, 2.45) is 16.8 Å². The van der Waals surface area contributed by atoms with Crippen LogP contribution in [0.25, 0.3) is 0 Å². The summed E-state index contributed by atoms with van der Waals surface area (Å²) < 4.78 is 0. The van der Waals surface area contributed by atoms with Gasteiger partial charge < -0.3 is 21.2 Å². The predicted molar refractivity (Wildman–Crippen MR) is 61.4 cm³/mol. The van der Waals surface area contributed by atoms with E-state index in [1.165, 1.54) is 0 Å². The second-order valence-corrected chi connectivity index (χ2v) is 4.41. The van der Waals surface area contributed by atoms with E-state index in [-0.39, 0.29) is 23.8 Å². The molecule has 6 nitrogen and oxygen atoms in total. The first kappa shape index (κ1) is 12.6. The Morgan fingerprint density at radius 3 is 2.88 bits per heavy atom. The van der Waals surface area contributed by atoms with Crippen LogP contribution in [0.15, 0.2) is 5.16 Å². The van der Waals surface area contributed by atoms with Crippen molar-refractivity contribution in [3.8, 4) is 0 Å². The van der Waals surface area contributed by atoms with E-state index in [2.05, 4.69) is 10.5 Å². The lowest BCUT2D eigenvalue weighted by Gasteiger charge is -2.32. The van der Waals surface area contributed by atoms with E-state index in [4.69, 9.17) is 10.9 Å². The monoisotopic (exact) mass is 228 g/mol. The summed E-state index contributed by atoms with van der Waals surface area (Å²) in [7, 11) is 0. The van der Waals surface area contributed by atoms with E-state index in [1.807, 2.05) is 13.8 Å².